The summed E-state index contributed by atoms with van der Waals surface area (Å²) in [4.78, 5) is 1.22. The molecule has 0 atom stereocenters. The second-order valence-corrected chi connectivity index (χ2v) is 5.88. The maximum absolute atomic E-state index is 8.68. The van der Waals surface area contributed by atoms with Gasteiger partial charge in [0.1, 0.15) is 11.6 Å². The SMILES string of the molecule is CSc1ccc(OCCCC(C)(C)C(N)=NO)cc1. The standard InChI is InChI=1S/C14H22N2O2S/c1-14(2,13(15)16-17)9-4-10-18-11-5-7-12(19-3)8-6-11/h5-8,17H,4,9-10H2,1-3H3,(H2,15,16). The summed E-state index contributed by atoms with van der Waals surface area (Å²) >= 11 is 1.71. The van der Waals surface area contributed by atoms with Crippen LogP contribution >= 0.6 is 11.8 Å². The molecule has 0 bridgehead atoms. The average Bonchev–Trinajstić information content (AvgIpc) is 2.43. The fourth-order valence-corrected chi connectivity index (χ4v) is 2.05. The van der Waals surface area contributed by atoms with E-state index in [0.717, 1.165) is 18.6 Å². The van der Waals surface area contributed by atoms with E-state index in [-0.39, 0.29) is 11.3 Å². The fraction of sp³-hybridized carbons (Fsp3) is 0.500. The number of hydrogen-bond acceptors (Lipinski definition) is 4. The van der Waals surface area contributed by atoms with Crippen LogP contribution in [0.4, 0.5) is 0 Å². The maximum atomic E-state index is 8.68. The maximum Gasteiger partial charge on any atom is 0.144 e. The van der Waals surface area contributed by atoms with E-state index in [2.05, 4.69) is 5.16 Å². The number of amidine groups is 1. The van der Waals surface area contributed by atoms with E-state index in [1.54, 1.807) is 11.8 Å². The second kappa shape index (κ2) is 7.28. The Morgan fingerprint density at radius 3 is 2.53 bits per heavy atom. The van der Waals surface area contributed by atoms with Gasteiger partial charge in [0.15, 0.2) is 0 Å². The Labute approximate surface area is 119 Å². The highest BCUT2D eigenvalue weighted by Gasteiger charge is 2.22. The molecular weight excluding hydrogens is 260 g/mol. The minimum atomic E-state index is -0.305. The molecule has 106 valence electrons. The number of ether oxygens (including phenoxy) is 1. The summed E-state index contributed by atoms with van der Waals surface area (Å²) in [6.07, 6.45) is 3.71. The van der Waals surface area contributed by atoms with Crippen LogP contribution in [0.15, 0.2) is 34.3 Å². The Bertz CT molecular complexity index is 416. The first-order chi connectivity index (χ1) is 8.99. The van der Waals surface area contributed by atoms with Crippen molar-refractivity contribution in [3.63, 3.8) is 0 Å². The number of oxime groups is 1. The first kappa shape index (κ1) is 15.7. The third kappa shape index (κ3) is 5.03. The normalized spacial score (nSPS) is 12.5. The molecule has 1 aromatic carbocycles. The lowest BCUT2D eigenvalue weighted by molar-refractivity contribution is 0.277. The molecule has 0 aliphatic heterocycles. The Morgan fingerprint density at radius 1 is 1.37 bits per heavy atom. The third-order valence-corrected chi connectivity index (χ3v) is 3.82. The summed E-state index contributed by atoms with van der Waals surface area (Å²) in [6.45, 7) is 4.53. The smallest absolute Gasteiger partial charge is 0.144 e. The van der Waals surface area contributed by atoms with Gasteiger partial charge in [-0.25, -0.2) is 0 Å². The molecule has 5 heteroatoms. The van der Waals surface area contributed by atoms with Crippen molar-refractivity contribution < 1.29 is 9.94 Å². The van der Waals surface area contributed by atoms with Gasteiger partial charge in [0.2, 0.25) is 0 Å². The number of nitrogens with zero attached hydrogens (tertiary/aromatic N) is 1. The van der Waals surface area contributed by atoms with Crippen molar-refractivity contribution in [1.82, 2.24) is 0 Å². The third-order valence-electron chi connectivity index (χ3n) is 3.08. The minimum absolute atomic E-state index is 0.261. The molecule has 0 spiro atoms. The van der Waals surface area contributed by atoms with Crippen LogP contribution in [0.2, 0.25) is 0 Å². The van der Waals surface area contributed by atoms with E-state index in [9.17, 15) is 0 Å². The van der Waals surface area contributed by atoms with Crippen LogP contribution < -0.4 is 10.5 Å². The predicted octanol–water partition coefficient (Wildman–Crippen LogP) is 3.34. The number of thioether (sulfide) groups is 1. The summed E-state index contributed by atoms with van der Waals surface area (Å²) in [6, 6.07) is 8.03. The number of hydrogen-bond donors (Lipinski definition) is 2. The Hall–Kier alpha value is -1.36. The predicted molar refractivity (Wildman–Crippen MR) is 80.1 cm³/mol. The summed E-state index contributed by atoms with van der Waals surface area (Å²) in [5.41, 5.74) is 5.33. The van der Waals surface area contributed by atoms with Gasteiger partial charge in [-0.3, -0.25) is 0 Å². The molecular formula is C14H22N2O2S. The average molecular weight is 282 g/mol. The van der Waals surface area contributed by atoms with Gasteiger partial charge in [-0.1, -0.05) is 19.0 Å². The van der Waals surface area contributed by atoms with E-state index < -0.39 is 0 Å². The van der Waals surface area contributed by atoms with Crippen molar-refractivity contribution in [1.29, 1.82) is 0 Å². The van der Waals surface area contributed by atoms with Crippen LogP contribution in [0.25, 0.3) is 0 Å². The molecule has 0 saturated heterocycles. The topological polar surface area (TPSA) is 67.8 Å². The lowest BCUT2D eigenvalue weighted by Gasteiger charge is -2.22. The van der Waals surface area contributed by atoms with Crippen molar-refractivity contribution in [2.75, 3.05) is 12.9 Å². The van der Waals surface area contributed by atoms with Gasteiger partial charge >= 0.3 is 0 Å². The molecule has 1 rings (SSSR count). The molecule has 1 aromatic rings. The highest BCUT2D eigenvalue weighted by Crippen LogP contribution is 2.23. The van der Waals surface area contributed by atoms with Gasteiger partial charge in [0.25, 0.3) is 0 Å². The Balaban J connectivity index is 2.34. The van der Waals surface area contributed by atoms with Crippen LogP contribution in [-0.2, 0) is 0 Å². The molecule has 0 aromatic heterocycles. The monoisotopic (exact) mass is 282 g/mol. The number of nitrogens with two attached hydrogens (primary N) is 1. The molecule has 3 N–H and O–H groups in total. The summed E-state index contributed by atoms with van der Waals surface area (Å²) < 4.78 is 5.66. The zero-order valence-corrected chi connectivity index (χ0v) is 12.5. The molecule has 0 aliphatic carbocycles. The Morgan fingerprint density at radius 2 is 2.00 bits per heavy atom. The first-order valence-corrected chi connectivity index (χ1v) is 7.47. The van der Waals surface area contributed by atoms with Gasteiger partial charge in [-0.15, -0.1) is 11.8 Å². The van der Waals surface area contributed by atoms with Crippen LogP contribution in [0.5, 0.6) is 5.75 Å². The van der Waals surface area contributed by atoms with Crippen molar-refractivity contribution in [3.05, 3.63) is 24.3 Å². The van der Waals surface area contributed by atoms with Crippen molar-refractivity contribution in [3.8, 4) is 5.75 Å². The van der Waals surface area contributed by atoms with E-state index in [0.29, 0.717) is 6.61 Å². The van der Waals surface area contributed by atoms with Gasteiger partial charge in [-0.2, -0.15) is 0 Å². The van der Waals surface area contributed by atoms with Gasteiger partial charge in [0.05, 0.1) is 6.61 Å². The number of rotatable bonds is 7. The van der Waals surface area contributed by atoms with Crippen LogP contribution in [0.1, 0.15) is 26.7 Å². The second-order valence-electron chi connectivity index (χ2n) is 5.00. The zero-order chi connectivity index (χ0) is 14.3. The lowest BCUT2D eigenvalue weighted by atomic mass is 9.87. The van der Waals surface area contributed by atoms with Crippen molar-refractivity contribution in [2.24, 2.45) is 16.3 Å². The molecule has 19 heavy (non-hydrogen) atoms. The lowest BCUT2D eigenvalue weighted by Crippen LogP contribution is -2.32. The molecule has 0 unspecified atom stereocenters. The van der Waals surface area contributed by atoms with Crippen LogP contribution in [0.3, 0.4) is 0 Å². The van der Waals surface area contributed by atoms with Gasteiger partial charge < -0.3 is 15.7 Å². The largest absolute Gasteiger partial charge is 0.494 e. The minimum Gasteiger partial charge on any atom is -0.494 e. The summed E-state index contributed by atoms with van der Waals surface area (Å²) in [5.74, 6) is 1.14. The van der Waals surface area contributed by atoms with E-state index >= 15 is 0 Å². The van der Waals surface area contributed by atoms with Gasteiger partial charge in [-0.05, 0) is 43.4 Å². The molecule has 0 fully saturated rings. The number of benzene rings is 1. The van der Waals surface area contributed by atoms with Crippen molar-refractivity contribution in [2.45, 2.75) is 31.6 Å². The van der Waals surface area contributed by atoms with Gasteiger partial charge in [0, 0.05) is 10.3 Å². The molecule has 0 heterocycles. The molecule has 0 radical (unpaired) electrons. The molecule has 4 nitrogen and oxygen atoms in total. The van der Waals surface area contributed by atoms with E-state index in [4.69, 9.17) is 15.7 Å². The molecule has 0 amide bonds. The van der Waals surface area contributed by atoms with Crippen LogP contribution in [0, 0.1) is 5.41 Å². The van der Waals surface area contributed by atoms with E-state index in [1.807, 2.05) is 44.4 Å². The summed E-state index contributed by atoms with van der Waals surface area (Å²) in [7, 11) is 0. The zero-order valence-electron chi connectivity index (χ0n) is 11.7. The quantitative estimate of drug-likeness (QED) is 0.201. The molecule has 0 aliphatic rings. The van der Waals surface area contributed by atoms with Crippen LogP contribution in [-0.4, -0.2) is 23.9 Å². The fourth-order valence-electron chi connectivity index (χ4n) is 1.64. The Kier molecular flexibility index (Phi) is 6.02. The van der Waals surface area contributed by atoms with E-state index in [1.165, 1.54) is 4.90 Å². The first-order valence-electron chi connectivity index (χ1n) is 6.24. The van der Waals surface area contributed by atoms with Crippen molar-refractivity contribution >= 4 is 17.6 Å². The highest BCUT2D eigenvalue weighted by molar-refractivity contribution is 7.98. The highest BCUT2D eigenvalue weighted by atomic mass is 32.2. The summed E-state index contributed by atoms with van der Waals surface area (Å²) in [5, 5.41) is 11.8. The molecule has 0 saturated carbocycles.